The van der Waals surface area contributed by atoms with Gasteiger partial charge in [0, 0.05) is 17.6 Å². The van der Waals surface area contributed by atoms with Gasteiger partial charge in [0.15, 0.2) is 0 Å². The molecule has 0 amide bonds. The number of nitrogens with zero attached hydrogens (tertiary/aromatic N) is 1. The van der Waals surface area contributed by atoms with E-state index >= 15 is 0 Å². The molecule has 4 aromatic rings. The second kappa shape index (κ2) is 7.79. The van der Waals surface area contributed by atoms with Crippen molar-refractivity contribution in [1.29, 1.82) is 0 Å². The maximum atomic E-state index is 6.14. The summed E-state index contributed by atoms with van der Waals surface area (Å²) in [4.78, 5) is 4.72. The van der Waals surface area contributed by atoms with E-state index in [-0.39, 0.29) is 6.04 Å². The Bertz CT molecular complexity index is 1130. The number of rotatable bonds is 4. The number of nitrogens with two attached hydrogens (primary N) is 1. The van der Waals surface area contributed by atoms with Crippen LogP contribution in [0.4, 0.5) is 0 Å². The molecule has 1 heterocycles. The van der Waals surface area contributed by atoms with Gasteiger partial charge in [-0.1, -0.05) is 78.9 Å². The zero-order chi connectivity index (χ0) is 19.5. The average molecular weight is 364 g/mol. The Morgan fingerprint density at radius 1 is 0.893 bits per heavy atom. The third-order valence-corrected chi connectivity index (χ3v) is 5.06. The monoisotopic (exact) mass is 364 g/mol. The lowest BCUT2D eigenvalue weighted by atomic mass is 9.90. The molecule has 2 N–H and O–H groups in total. The van der Waals surface area contributed by atoms with E-state index in [1.54, 1.807) is 0 Å². The van der Waals surface area contributed by atoms with E-state index < -0.39 is 0 Å². The number of hydrogen-bond acceptors (Lipinski definition) is 2. The van der Waals surface area contributed by atoms with Crippen LogP contribution in [0.5, 0.6) is 0 Å². The van der Waals surface area contributed by atoms with Gasteiger partial charge in [-0.2, -0.15) is 0 Å². The van der Waals surface area contributed by atoms with Crippen molar-refractivity contribution in [2.45, 2.75) is 19.9 Å². The van der Waals surface area contributed by atoms with Crippen LogP contribution in [0.3, 0.4) is 0 Å². The molecule has 2 nitrogen and oxygen atoms in total. The third kappa shape index (κ3) is 3.47. The average Bonchev–Trinajstić information content (AvgIpc) is 2.73. The minimum Gasteiger partial charge on any atom is -0.325 e. The van der Waals surface area contributed by atoms with Crippen LogP contribution in [0.1, 0.15) is 23.6 Å². The normalized spacial score (nSPS) is 12.9. The molecule has 1 atom stereocenters. The van der Waals surface area contributed by atoms with Crippen LogP contribution in [0.25, 0.3) is 27.6 Å². The van der Waals surface area contributed by atoms with E-state index in [1.165, 1.54) is 33.2 Å². The Morgan fingerprint density at radius 2 is 1.57 bits per heavy atom. The van der Waals surface area contributed by atoms with Crippen LogP contribution >= 0.6 is 0 Å². The van der Waals surface area contributed by atoms with Gasteiger partial charge in [-0.25, -0.2) is 0 Å². The Labute approximate surface area is 166 Å². The molecule has 0 spiro atoms. The maximum Gasteiger partial charge on any atom is 0.0743 e. The number of aryl methyl sites for hydroxylation is 1. The molecule has 3 aromatic carbocycles. The molecular formula is C26H24N2. The van der Waals surface area contributed by atoms with Crippen molar-refractivity contribution in [2.75, 3.05) is 0 Å². The molecule has 28 heavy (non-hydrogen) atoms. The molecule has 0 aliphatic rings. The topological polar surface area (TPSA) is 38.9 Å². The quantitative estimate of drug-likeness (QED) is 0.483. The number of pyridine rings is 1. The number of aromatic nitrogens is 1. The highest BCUT2D eigenvalue weighted by Gasteiger charge is 2.14. The Balaban J connectivity index is 1.93. The Hall–Kier alpha value is -3.23. The first-order chi connectivity index (χ1) is 13.6. The molecule has 1 aromatic heterocycles. The number of benzene rings is 3. The van der Waals surface area contributed by atoms with Gasteiger partial charge in [0.25, 0.3) is 0 Å². The summed E-state index contributed by atoms with van der Waals surface area (Å²) in [5, 5.41) is 1.17. The molecule has 0 bridgehead atoms. The van der Waals surface area contributed by atoms with E-state index in [2.05, 4.69) is 79.7 Å². The highest BCUT2D eigenvalue weighted by Crippen LogP contribution is 2.34. The standard InChI is InChI=1S/C26H24N2/c1-18(27)17-25(21-11-7-4-8-12-21)22-13-14-24-23(20-9-5-3-6-10-20)15-16-28-26(24)19(22)2/h3-18H,27H2,1-2H3/b25-17-. The summed E-state index contributed by atoms with van der Waals surface area (Å²) in [6.07, 6.45) is 4.03. The van der Waals surface area contributed by atoms with Crippen LogP contribution in [0.2, 0.25) is 0 Å². The molecule has 0 radical (unpaired) electrons. The molecular weight excluding hydrogens is 340 g/mol. The first-order valence-electron chi connectivity index (χ1n) is 9.62. The summed E-state index contributed by atoms with van der Waals surface area (Å²) in [7, 11) is 0. The minimum atomic E-state index is -0.0334. The van der Waals surface area contributed by atoms with Crippen molar-refractivity contribution in [3.05, 3.63) is 108 Å². The fourth-order valence-corrected chi connectivity index (χ4v) is 3.74. The summed E-state index contributed by atoms with van der Waals surface area (Å²) >= 11 is 0. The fraction of sp³-hybridized carbons (Fsp3) is 0.115. The predicted molar refractivity (Wildman–Crippen MR) is 119 cm³/mol. The van der Waals surface area contributed by atoms with Crippen LogP contribution in [0.15, 0.2) is 91.1 Å². The van der Waals surface area contributed by atoms with Crippen LogP contribution < -0.4 is 5.73 Å². The summed E-state index contributed by atoms with van der Waals surface area (Å²) in [6.45, 7) is 4.16. The Morgan fingerprint density at radius 3 is 2.25 bits per heavy atom. The van der Waals surface area contributed by atoms with Crippen molar-refractivity contribution >= 4 is 16.5 Å². The minimum absolute atomic E-state index is 0.0334. The molecule has 0 saturated heterocycles. The second-order valence-corrected chi connectivity index (χ2v) is 7.16. The van der Waals surface area contributed by atoms with Crippen LogP contribution in [-0.4, -0.2) is 11.0 Å². The van der Waals surface area contributed by atoms with Crippen LogP contribution in [-0.2, 0) is 0 Å². The van der Waals surface area contributed by atoms with Gasteiger partial charge in [-0.05, 0) is 53.3 Å². The molecule has 0 aliphatic heterocycles. The lowest BCUT2D eigenvalue weighted by molar-refractivity contribution is 0.927. The molecule has 0 saturated carbocycles. The van der Waals surface area contributed by atoms with Gasteiger partial charge in [0.2, 0.25) is 0 Å². The van der Waals surface area contributed by atoms with Gasteiger partial charge in [-0.3, -0.25) is 4.98 Å². The summed E-state index contributed by atoms with van der Waals surface area (Å²) in [5.41, 5.74) is 14.3. The molecule has 4 rings (SSSR count). The SMILES string of the molecule is Cc1c(/C(=C\C(C)N)c2ccccc2)ccc2c(-c3ccccc3)ccnc12. The highest BCUT2D eigenvalue weighted by molar-refractivity contribution is 5.99. The fourth-order valence-electron chi connectivity index (χ4n) is 3.74. The number of hydrogen-bond donors (Lipinski definition) is 1. The zero-order valence-corrected chi connectivity index (χ0v) is 16.3. The van der Waals surface area contributed by atoms with Crippen molar-refractivity contribution in [2.24, 2.45) is 5.73 Å². The first kappa shape index (κ1) is 18.1. The van der Waals surface area contributed by atoms with E-state index in [0.29, 0.717) is 0 Å². The van der Waals surface area contributed by atoms with E-state index in [0.717, 1.165) is 11.1 Å². The summed E-state index contributed by atoms with van der Waals surface area (Å²) < 4.78 is 0. The summed E-state index contributed by atoms with van der Waals surface area (Å²) in [6, 6.07) is 27.3. The predicted octanol–water partition coefficient (Wildman–Crippen LogP) is 5.99. The number of fused-ring (bicyclic) bond motifs is 1. The molecule has 0 fully saturated rings. The lowest BCUT2D eigenvalue weighted by Gasteiger charge is -2.16. The lowest BCUT2D eigenvalue weighted by Crippen LogP contribution is -2.12. The Kier molecular flexibility index (Phi) is 5.05. The largest absolute Gasteiger partial charge is 0.325 e. The van der Waals surface area contributed by atoms with E-state index in [4.69, 9.17) is 10.7 Å². The van der Waals surface area contributed by atoms with Gasteiger partial charge in [-0.15, -0.1) is 0 Å². The second-order valence-electron chi connectivity index (χ2n) is 7.16. The van der Waals surface area contributed by atoms with Gasteiger partial charge in [0.1, 0.15) is 0 Å². The van der Waals surface area contributed by atoms with Crippen molar-refractivity contribution in [3.63, 3.8) is 0 Å². The smallest absolute Gasteiger partial charge is 0.0743 e. The molecule has 2 heteroatoms. The molecule has 138 valence electrons. The van der Waals surface area contributed by atoms with E-state index in [9.17, 15) is 0 Å². The third-order valence-electron chi connectivity index (χ3n) is 5.06. The summed E-state index contributed by atoms with van der Waals surface area (Å²) in [5.74, 6) is 0. The van der Waals surface area contributed by atoms with Gasteiger partial charge >= 0.3 is 0 Å². The molecule has 1 unspecified atom stereocenters. The zero-order valence-electron chi connectivity index (χ0n) is 16.3. The van der Waals surface area contributed by atoms with E-state index in [1.807, 2.05) is 25.3 Å². The van der Waals surface area contributed by atoms with Gasteiger partial charge in [0.05, 0.1) is 5.52 Å². The van der Waals surface area contributed by atoms with Gasteiger partial charge < -0.3 is 5.73 Å². The van der Waals surface area contributed by atoms with Crippen molar-refractivity contribution < 1.29 is 0 Å². The van der Waals surface area contributed by atoms with Crippen molar-refractivity contribution in [3.8, 4) is 11.1 Å². The van der Waals surface area contributed by atoms with Crippen molar-refractivity contribution in [1.82, 2.24) is 4.98 Å². The molecule has 0 aliphatic carbocycles. The van der Waals surface area contributed by atoms with Crippen LogP contribution in [0, 0.1) is 6.92 Å². The highest BCUT2D eigenvalue weighted by atomic mass is 14.7. The first-order valence-corrected chi connectivity index (χ1v) is 9.62. The maximum absolute atomic E-state index is 6.14.